The number of ether oxygens (including phenoxy) is 3. The number of benzene rings is 2. The molecule has 1 amide bonds. The minimum Gasteiger partial charge on any atom is -0.493 e. The molecule has 1 aromatic heterocycles. The number of anilines is 1. The van der Waals surface area contributed by atoms with Crippen LogP contribution in [-0.2, 0) is 9.53 Å². The first-order valence-corrected chi connectivity index (χ1v) is 11.3. The second-order valence-corrected chi connectivity index (χ2v) is 8.06. The highest BCUT2D eigenvalue weighted by Crippen LogP contribution is 2.37. The van der Waals surface area contributed by atoms with E-state index in [2.05, 4.69) is 5.32 Å². The van der Waals surface area contributed by atoms with E-state index in [1.54, 1.807) is 30.5 Å². The second kappa shape index (κ2) is 11.2. The van der Waals surface area contributed by atoms with Gasteiger partial charge in [0.15, 0.2) is 11.5 Å². The van der Waals surface area contributed by atoms with Crippen molar-refractivity contribution < 1.29 is 23.8 Å². The number of rotatable bonds is 8. The van der Waals surface area contributed by atoms with Gasteiger partial charge in [-0.1, -0.05) is 35.9 Å². The van der Waals surface area contributed by atoms with Crippen LogP contribution in [0.4, 0.5) is 5.00 Å². The molecule has 0 fully saturated rings. The lowest BCUT2D eigenvalue weighted by Gasteiger charge is -2.09. The number of carbonyl (C=O) groups is 2. The van der Waals surface area contributed by atoms with Gasteiger partial charge in [0.25, 0.3) is 5.91 Å². The number of nitrogens with one attached hydrogen (secondary N) is 1. The predicted octanol–water partition coefficient (Wildman–Crippen LogP) is 5.46. The summed E-state index contributed by atoms with van der Waals surface area (Å²) in [6.45, 7) is 3.88. The molecule has 0 saturated carbocycles. The first-order valence-electron chi connectivity index (χ1n) is 10.4. The zero-order valence-electron chi connectivity index (χ0n) is 19.3. The highest BCUT2D eigenvalue weighted by Gasteiger charge is 2.24. The Morgan fingerprint density at radius 1 is 1.09 bits per heavy atom. The van der Waals surface area contributed by atoms with Gasteiger partial charge in [0.05, 0.1) is 20.8 Å². The molecule has 0 unspecified atom stereocenters. The Balaban J connectivity index is 1.95. The van der Waals surface area contributed by atoms with E-state index in [0.717, 1.165) is 11.1 Å². The Hall–Kier alpha value is -4.09. The van der Waals surface area contributed by atoms with Crippen LogP contribution >= 0.6 is 11.3 Å². The average molecular weight is 477 g/mol. The summed E-state index contributed by atoms with van der Waals surface area (Å²) in [5.41, 5.74) is 3.28. The third kappa shape index (κ3) is 5.45. The number of carbonyl (C=O) groups excluding carboxylic acids is 2. The first kappa shape index (κ1) is 24.6. The molecule has 0 atom stereocenters. The van der Waals surface area contributed by atoms with E-state index in [0.29, 0.717) is 27.6 Å². The van der Waals surface area contributed by atoms with Gasteiger partial charge < -0.3 is 19.5 Å². The summed E-state index contributed by atoms with van der Waals surface area (Å²) < 4.78 is 15.7. The molecule has 3 aromatic rings. The Morgan fingerprint density at radius 3 is 2.41 bits per heavy atom. The smallest absolute Gasteiger partial charge is 0.341 e. The topological polar surface area (TPSA) is 97.7 Å². The molecule has 0 radical (unpaired) electrons. The van der Waals surface area contributed by atoms with Gasteiger partial charge in [0, 0.05) is 10.9 Å². The number of esters is 1. The fourth-order valence-corrected chi connectivity index (χ4v) is 4.18. The first-order chi connectivity index (χ1) is 16.4. The number of hydrogen-bond acceptors (Lipinski definition) is 7. The van der Waals surface area contributed by atoms with Crippen LogP contribution in [0, 0.1) is 18.3 Å². The van der Waals surface area contributed by atoms with Crippen molar-refractivity contribution in [2.24, 2.45) is 0 Å². The van der Waals surface area contributed by atoms with Gasteiger partial charge in [0.1, 0.15) is 22.2 Å². The lowest BCUT2D eigenvalue weighted by atomic mass is 10.0. The third-order valence-corrected chi connectivity index (χ3v) is 5.84. The molecule has 0 bridgehead atoms. The SMILES string of the molecule is CCOC(=O)c1c(-c2ccc(C)cc2)csc1NC(=O)/C(C#N)=C/c1ccc(OC)c(OC)c1. The number of nitrogens with zero attached hydrogens (tertiary/aromatic N) is 1. The highest BCUT2D eigenvalue weighted by molar-refractivity contribution is 7.15. The van der Waals surface area contributed by atoms with Gasteiger partial charge in [-0.25, -0.2) is 4.79 Å². The molecule has 0 saturated heterocycles. The number of nitriles is 1. The Labute approximate surface area is 202 Å². The Kier molecular flexibility index (Phi) is 8.06. The summed E-state index contributed by atoms with van der Waals surface area (Å²) in [6.07, 6.45) is 1.44. The second-order valence-electron chi connectivity index (χ2n) is 7.18. The zero-order chi connectivity index (χ0) is 24.7. The summed E-state index contributed by atoms with van der Waals surface area (Å²) in [6, 6.07) is 14.7. The van der Waals surface area contributed by atoms with Gasteiger partial charge >= 0.3 is 5.97 Å². The van der Waals surface area contributed by atoms with Crippen LogP contribution in [0.2, 0.25) is 0 Å². The monoisotopic (exact) mass is 476 g/mol. The highest BCUT2D eigenvalue weighted by atomic mass is 32.1. The molecule has 1 N–H and O–H groups in total. The predicted molar refractivity (Wildman–Crippen MR) is 132 cm³/mol. The molecule has 0 aliphatic carbocycles. The maximum Gasteiger partial charge on any atom is 0.341 e. The van der Waals surface area contributed by atoms with Crippen LogP contribution in [0.1, 0.15) is 28.4 Å². The molecule has 174 valence electrons. The van der Waals surface area contributed by atoms with Gasteiger partial charge in [-0.2, -0.15) is 5.26 Å². The minimum absolute atomic E-state index is 0.132. The molecule has 0 spiro atoms. The summed E-state index contributed by atoms with van der Waals surface area (Å²) >= 11 is 1.20. The average Bonchev–Trinajstić information content (AvgIpc) is 3.26. The standard InChI is InChI=1S/C26H24N2O5S/c1-5-33-26(30)23-20(18-9-6-16(2)7-10-18)15-34-25(23)28-24(29)19(14-27)12-17-8-11-21(31-3)22(13-17)32-4/h6-13,15H,5H2,1-4H3,(H,28,29)/b19-12+. The van der Waals surface area contributed by atoms with E-state index in [-0.39, 0.29) is 17.7 Å². The summed E-state index contributed by atoms with van der Waals surface area (Å²) in [5, 5.41) is 14.4. The van der Waals surface area contributed by atoms with Crippen molar-refractivity contribution in [1.82, 2.24) is 0 Å². The van der Waals surface area contributed by atoms with E-state index in [1.165, 1.54) is 31.6 Å². The molecule has 7 nitrogen and oxygen atoms in total. The van der Waals surface area contributed by atoms with Crippen LogP contribution in [0.3, 0.4) is 0 Å². The summed E-state index contributed by atoms with van der Waals surface area (Å²) in [4.78, 5) is 25.7. The number of hydrogen-bond donors (Lipinski definition) is 1. The normalized spacial score (nSPS) is 10.9. The van der Waals surface area contributed by atoms with E-state index in [9.17, 15) is 14.9 Å². The van der Waals surface area contributed by atoms with E-state index < -0.39 is 11.9 Å². The van der Waals surface area contributed by atoms with Crippen LogP contribution < -0.4 is 14.8 Å². The largest absolute Gasteiger partial charge is 0.493 e. The van der Waals surface area contributed by atoms with Crippen molar-refractivity contribution in [3.8, 4) is 28.7 Å². The van der Waals surface area contributed by atoms with Crippen molar-refractivity contribution >= 4 is 34.3 Å². The molecule has 8 heteroatoms. The molecule has 0 aliphatic rings. The number of thiophene rings is 1. The van der Waals surface area contributed by atoms with E-state index in [1.807, 2.05) is 37.3 Å². The van der Waals surface area contributed by atoms with Gasteiger partial charge in [-0.15, -0.1) is 11.3 Å². The van der Waals surface area contributed by atoms with Gasteiger partial charge in [-0.05, 0) is 43.2 Å². The number of amides is 1. The quantitative estimate of drug-likeness (QED) is 0.263. The van der Waals surface area contributed by atoms with Crippen molar-refractivity contribution in [3.05, 3.63) is 70.1 Å². The van der Waals surface area contributed by atoms with Gasteiger partial charge in [0.2, 0.25) is 0 Å². The molecule has 1 heterocycles. The third-order valence-electron chi connectivity index (χ3n) is 4.94. The number of aryl methyl sites for hydroxylation is 1. The molecule has 2 aromatic carbocycles. The lowest BCUT2D eigenvalue weighted by Crippen LogP contribution is -2.16. The molecular formula is C26H24N2O5S. The van der Waals surface area contributed by atoms with Crippen LogP contribution in [0.15, 0.2) is 53.4 Å². The van der Waals surface area contributed by atoms with E-state index in [4.69, 9.17) is 14.2 Å². The van der Waals surface area contributed by atoms with Crippen molar-refractivity contribution in [2.75, 3.05) is 26.1 Å². The summed E-state index contributed by atoms with van der Waals surface area (Å²) in [7, 11) is 3.02. The molecule has 3 rings (SSSR count). The molecule has 34 heavy (non-hydrogen) atoms. The maximum atomic E-state index is 12.9. The fourth-order valence-electron chi connectivity index (χ4n) is 3.23. The fraction of sp³-hybridized carbons (Fsp3) is 0.192. The summed E-state index contributed by atoms with van der Waals surface area (Å²) in [5.74, 6) is -0.180. The van der Waals surface area contributed by atoms with Crippen LogP contribution in [-0.4, -0.2) is 32.7 Å². The molecule has 0 aliphatic heterocycles. The van der Waals surface area contributed by atoms with Crippen LogP contribution in [0.25, 0.3) is 17.2 Å². The van der Waals surface area contributed by atoms with E-state index >= 15 is 0 Å². The van der Waals surface area contributed by atoms with Crippen LogP contribution in [0.5, 0.6) is 11.5 Å². The zero-order valence-corrected chi connectivity index (χ0v) is 20.1. The van der Waals surface area contributed by atoms with Crippen molar-refractivity contribution in [3.63, 3.8) is 0 Å². The minimum atomic E-state index is -0.639. The van der Waals surface area contributed by atoms with Gasteiger partial charge in [-0.3, -0.25) is 4.79 Å². The number of methoxy groups -OCH3 is 2. The Morgan fingerprint density at radius 2 is 1.79 bits per heavy atom. The molecular weight excluding hydrogens is 452 g/mol. The maximum absolute atomic E-state index is 12.9. The van der Waals surface area contributed by atoms with Crippen molar-refractivity contribution in [2.45, 2.75) is 13.8 Å². The Bertz CT molecular complexity index is 1270. The lowest BCUT2D eigenvalue weighted by molar-refractivity contribution is -0.112. The van der Waals surface area contributed by atoms with Crippen molar-refractivity contribution in [1.29, 1.82) is 5.26 Å².